The molecule has 6 nitrogen and oxygen atoms in total. The van der Waals surface area contributed by atoms with Gasteiger partial charge in [0.15, 0.2) is 5.58 Å². The van der Waals surface area contributed by atoms with E-state index in [1.165, 1.54) is 0 Å². The fraction of sp³-hybridized carbons (Fsp3) is 0.200. The summed E-state index contributed by atoms with van der Waals surface area (Å²) in [4.78, 5) is 15.2. The molecular weight excluding hydrogens is 454 g/mol. The molecule has 0 saturated carbocycles. The Morgan fingerprint density at radius 3 is 2.44 bits per heavy atom. The number of fused-ring (bicyclic) bond motifs is 2. The molecule has 5 aromatic rings. The first-order valence-corrected chi connectivity index (χ1v) is 12.1. The maximum atomic E-state index is 10.6. The molecule has 0 spiro atoms. The van der Waals surface area contributed by atoms with E-state index in [0.29, 0.717) is 36.9 Å². The summed E-state index contributed by atoms with van der Waals surface area (Å²) in [7, 11) is 0. The lowest BCUT2D eigenvalue weighted by Crippen LogP contribution is -1.99. The number of carboxylic acids is 1. The second-order valence-corrected chi connectivity index (χ2v) is 8.70. The predicted molar refractivity (Wildman–Crippen MR) is 139 cm³/mol. The lowest BCUT2D eigenvalue weighted by atomic mass is 10.1. The lowest BCUT2D eigenvalue weighted by Gasteiger charge is -2.08. The fourth-order valence-electron chi connectivity index (χ4n) is 4.05. The van der Waals surface area contributed by atoms with Gasteiger partial charge in [0.2, 0.25) is 5.89 Å². The van der Waals surface area contributed by atoms with Gasteiger partial charge in [-0.1, -0.05) is 42.5 Å². The van der Waals surface area contributed by atoms with Crippen LogP contribution in [0.1, 0.15) is 31.2 Å². The van der Waals surface area contributed by atoms with Crippen LogP contribution in [0.5, 0.6) is 11.5 Å². The van der Waals surface area contributed by atoms with Crippen molar-refractivity contribution in [3.8, 4) is 23.0 Å². The number of aromatic nitrogens is 1. The van der Waals surface area contributed by atoms with E-state index in [4.69, 9.17) is 19.0 Å². The largest absolute Gasteiger partial charge is 0.493 e. The van der Waals surface area contributed by atoms with Gasteiger partial charge in [-0.2, -0.15) is 0 Å². The maximum absolute atomic E-state index is 10.6. The Bertz CT molecular complexity index is 1480. The monoisotopic (exact) mass is 481 g/mol. The summed E-state index contributed by atoms with van der Waals surface area (Å²) in [5, 5.41) is 10.9. The van der Waals surface area contributed by atoms with Crippen molar-refractivity contribution in [2.45, 2.75) is 32.3 Å². The summed E-state index contributed by atoms with van der Waals surface area (Å²) in [6.45, 7) is 1.07. The van der Waals surface area contributed by atoms with Crippen molar-refractivity contribution in [1.82, 2.24) is 4.98 Å². The number of nitrogens with zero attached hydrogens (tertiary/aromatic N) is 1. The van der Waals surface area contributed by atoms with Crippen molar-refractivity contribution in [2.24, 2.45) is 0 Å². The Balaban J connectivity index is 1.24. The van der Waals surface area contributed by atoms with Crippen LogP contribution in [-0.4, -0.2) is 22.7 Å². The molecule has 0 bridgehead atoms. The minimum atomic E-state index is -0.758. The Morgan fingerprint density at radius 2 is 1.58 bits per heavy atom. The topological polar surface area (TPSA) is 81.8 Å². The minimum absolute atomic E-state index is 0.199. The van der Waals surface area contributed by atoms with Crippen LogP contribution < -0.4 is 9.47 Å². The second kappa shape index (κ2) is 11.0. The summed E-state index contributed by atoms with van der Waals surface area (Å²) in [5.41, 5.74) is 3.47. The molecule has 36 heavy (non-hydrogen) atoms. The highest BCUT2D eigenvalue weighted by atomic mass is 16.5. The van der Waals surface area contributed by atoms with Gasteiger partial charge in [0.25, 0.3) is 0 Å². The zero-order valence-corrected chi connectivity index (χ0v) is 19.9. The molecule has 0 fully saturated rings. The Labute approximate surface area is 209 Å². The molecule has 4 aromatic carbocycles. The number of aliphatic carboxylic acids is 1. The summed E-state index contributed by atoms with van der Waals surface area (Å²) < 4.78 is 17.8. The number of hydrogen-bond donors (Lipinski definition) is 1. The van der Waals surface area contributed by atoms with E-state index in [2.05, 4.69) is 11.1 Å². The summed E-state index contributed by atoms with van der Waals surface area (Å²) in [6.07, 6.45) is 2.49. The van der Waals surface area contributed by atoms with E-state index in [1.54, 1.807) is 0 Å². The molecule has 0 radical (unpaired) electrons. The predicted octanol–water partition coefficient (Wildman–Crippen LogP) is 7.25. The molecule has 182 valence electrons. The molecule has 0 aliphatic rings. The third-order valence-corrected chi connectivity index (χ3v) is 5.97. The smallest absolute Gasteiger partial charge is 0.303 e. The first-order valence-electron chi connectivity index (χ1n) is 12.1. The summed E-state index contributed by atoms with van der Waals surface area (Å²) >= 11 is 0. The van der Waals surface area contributed by atoms with Gasteiger partial charge < -0.3 is 19.0 Å². The van der Waals surface area contributed by atoms with E-state index in [-0.39, 0.29) is 6.42 Å². The van der Waals surface area contributed by atoms with Crippen LogP contribution in [0.25, 0.3) is 33.3 Å². The van der Waals surface area contributed by atoms with Crippen molar-refractivity contribution in [1.29, 1.82) is 0 Å². The molecule has 0 unspecified atom stereocenters. The molecule has 5 rings (SSSR count). The van der Waals surface area contributed by atoms with E-state index in [0.717, 1.165) is 46.0 Å². The molecule has 6 heteroatoms. The molecule has 1 N–H and O–H groups in total. The first kappa shape index (κ1) is 23.4. The van der Waals surface area contributed by atoms with Crippen LogP contribution in [0.4, 0.5) is 0 Å². The number of benzene rings is 4. The molecule has 0 saturated heterocycles. The van der Waals surface area contributed by atoms with Crippen molar-refractivity contribution >= 4 is 27.8 Å². The molecular formula is C30H27NO5. The average molecular weight is 482 g/mol. The number of ether oxygens (including phenoxy) is 2. The lowest BCUT2D eigenvalue weighted by molar-refractivity contribution is -0.137. The van der Waals surface area contributed by atoms with Gasteiger partial charge in [-0.25, -0.2) is 4.98 Å². The number of oxazole rings is 1. The highest BCUT2D eigenvalue weighted by Gasteiger charge is 2.11. The van der Waals surface area contributed by atoms with Crippen LogP contribution in [-0.2, 0) is 11.4 Å². The summed E-state index contributed by atoms with van der Waals surface area (Å²) in [6, 6.07) is 27.9. The van der Waals surface area contributed by atoms with Gasteiger partial charge >= 0.3 is 5.97 Å². The minimum Gasteiger partial charge on any atom is -0.493 e. The van der Waals surface area contributed by atoms with E-state index in [1.807, 2.05) is 78.9 Å². The molecule has 0 aliphatic heterocycles. The van der Waals surface area contributed by atoms with Gasteiger partial charge in [-0.3, -0.25) is 4.79 Å². The zero-order chi connectivity index (χ0) is 24.7. The third kappa shape index (κ3) is 5.84. The zero-order valence-electron chi connectivity index (χ0n) is 19.9. The highest BCUT2D eigenvalue weighted by molar-refractivity contribution is 5.88. The number of hydrogen-bond acceptors (Lipinski definition) is 5. The van der Waals surface area contributed by atoms with Crippen molar-refractivity contribution in [3.05, 3.63) is 90.5 Å². The van der Waals surface area contributed by atoms with Gasteiger partial charge in [0.1, 0.15) is 23.6 Å². The average Bonchev–Trinajstić information content (AvgIpc) is 3.33. The Kier molecular flexibility index (Phi) is 7.12. The second-order valence-electron chi connectivity index (χ2n) is 8.70. The standard InChI is InChI=1S/C30H27NO5/c32-29(33)9-5-2-6-16-34-26-14-15-27-28(19-26)36-30(31-27)24-11-10-23-18-25(13-12-22(23)17-24)35-20-21-7-3-1-4-8-21/h1,3-4,7-8,10-15,17-19H,2,5-6,9,16,20H2,(H,32,33). The normalized spacial score (nSPS) is 11.1. The number of carbonyl (C=O) groups is 1. The molecule has 0 amide bonds. The fourth-order valence-corrected chi connectivity index (χ4v) is 4.05. The first-order chi connectivity index (χ1) is 17.6. The van der Waals surface area contributed by atoms with Crippen LogP contribution in [0, 0.1) is 0 Å². The van der Waals surface area contributed by atoms with Crippen molar-refractivity contribution in [3.63, 3.8) is 0 Å². The summed E-state index contributed by atoms with van der Waals surface area (Å²) in [5.74, 6) is 1.34. The van der Waals surface area contributed by atoms with Crippen LogP contribution in [0.2, 0.25) is 0 Å². The Hall–Kier alpha value is -4.32. The quantitative estimate of drug-likeness (QED) is 0.200. The number of rotatable bonds is 11. The van der Waals surface area contributed by atoms with E-state index in [9.17, 15) is 4.79 Å². The van der Waals surface area contributed by atoms with Crippen LogP contribution in [0.15, 0.2) is 89.3 Å². The van der Waals surface area contributed by atoms with Crippen molar-refractivity contribution < 1.29 is 23.8 Å². The molecule has 1 heterocycles. The van der Waals surface area contributed by atoms with E-state index >= 15 is 0 Å². The number of carboxylic acid groups (broad SMARTS) is 1. The van der Waals surface area contributed by atoms with E-state index < -0.39 is 5.97 Å². The van der Waals surface area contributed by atoms with Crippen LogP contribution in [0.3, 0.4) is 0 Å². The highest BCUT2D eigenvalue weighted by Crippen LogP contribution is 2.30. The Morgan fingerprint density at radius 1 is 0.806 bits per heavy atom. The van der Waals surface area contributed by atoms with Gasteiger partial charge in [0, 0.05) is 18.1 Å². The molecule has 1 aromatic heterocycles. The van der Waals surface area contributed by atoms with Gasteiger partial charge in [-0.15, -0.1) is 0 Å². The SMILES string of the molecule is O=C(O)CCCCCOc1ccc2nc(-c3ccc4cc(OCc5ccccc5)ccc4c3)oc2c1. The molecule has 0 aliphatic carbocycles. The van der Waals surface area contributed by atoms with Gasteiger partial charge in [0.05, 0.1) is 6.61 Å². The van der Waals surface area contributed by atoms with Crippen LogP contribution >= 0.6 is 0 Å². The van der Waals surface area contributed by atoms with Gasteiger partial charge in [-0.05, 0) is 72.0 Å². The number of unbranched alkanes of at least 4 members (excludes halogenated alkanes) is 2. The molecule has 0 atom stereocenters. The third-order valence-electron chi connectivity index (χ3n) is 5.97. The maximum Gasteiger partial charge on any atom is 0.303 e. The van der Waals surface area contributed by atoms with Crippen molar-refractivity contribution in [2.75, 3.05) is 6.61 Å².